The Morgan fingerprint density at radius 3 is 2.55 bits per heavy atom. The van der Waals surface area contributed by atoms with Crippen LogP contribution in [0.25, 0.3) is 0 Å². The lowest BCUT2D eigenvalue weighted by Gasteiger charge is -2.17. The number of nitrogens with one attached hydrogen (secondary N) is 2. The highest BCUT2D eigenvalue weighted by molar-refractivity contribution is 6.31. The zero-order valence-corrected chi connectivity index (χ0v) is 18.4. The fourth-order valence-corrected chi connectivity index (χ4v) is 5.25. The molecule has 4 rings (SSSR count). The van der Waals surface area contributed by atoms with Crippen LogP contribution in [0.15, 0.2) is 35.3 Å². The molecule has 4 atom stereocenters. The first-order valence-electron chi connectivity index (χ1n) is 11.0. The van der Waals surface area contributed by atoms with Crippen molar-refractivity contribution < 1.29 is 14.0 Å². The normalized spacial score (nSPS) is 26.7. The molecule has 0 spiro atoms. The van der Waals surface area contributed by atoms with Crippen LogP contribution in [0.1, 0.15) is 25.3 Å². The molecule has 2 bridgehead atoms. The third kappa shape index (κ3) is 4.47. The Kier molecular flexibility index (Phi) is 6.60. The molecule has 1 saturated heterocycles. The minimum atomic E-state index is -0.348. The first kappa shape index (κ1) is 21.8. The van der Waals surface area contributed by atoms with Crippen molar-refractivity contribution in [2.75, 3.05) is 26.2 Å². The first-order chi connectivity index (χ1) is 15.0. The minimum Gasteiger partial charge on any atom is -0.357 e. The van der Waals surface area contributed by atoms with E-state index in [0.717, 1.165) is 12.0 Å². The quantitative estimate of drug-likeness (QED) is 0.212. The van der Waals surface area contributed by atoms with E-state index in [1.54, 1.807) is 6.07 Å². The summed E-state index contributed by atoms with van der Waals surface area (Å²) in [6, 6.07) is 4.40. The number of nitrogens with zero attached hydrogens (tertiary/aromatic N) is 2. The molecule has 1 saturated carbocycles. The molecule has 2 amide bonds. The van der Waals surface area contributed by atoms with Crippen molar-refractivity contribution in [3.63, 3.8) is 0 Å². The van der Waals surface area contributed by atoms with E-state index >= 15 is 0 Å². The molecule has 2 aliphatic carbocycles. The highest BCUT2D eigenvalue weighted by Crippen LogP contribution is 2.52. The van der Waals surface area contributed by atoms with Crippen LogP contribution in [0, 0.1) is 29.5 Å². The maximum absolute atomic E-state index is 13.2. The number of hydrogen-bond donors (Lipinski definition) is 2. The van der Waals surface area contributed by atoms with Gasteiger partial charge in [0.05, 0.1) is 11.8 Å². The molecule has 31 heavy (non-hydrogen) atoms. The third-order valence-electron chi connectivity index (χ3n) is 6.42. The van der Waals surface area contributed by atoms with Gasteiger partial charge in [-0.3, -0.25) is 19.5 Å². The highest BCUT2D eigenvalue weighted by Gasteiger charge is 2.58. The van der Waals surface area contributed by atoms with Gasteiger partial charge in [-0.15, -0.1) is 0 Å². The summed E-state index contributed by atoms with van der Waals surface area (Å²) < 4.78 is 13.2. The van der Waals surface area contributed by atoms with Crippen LogP contribution < -0.4 is 10.6 Å². The standard InChI is InChI=1S/C23H28ClFN4O2/c1-2-26-23(28-10-8-14-6-7-17(25)13-18(14)24)27-9-3-11-29-21(30)19-15-4-5-16(12-15)20(19)22(29)31/h4-7,13,15-16,19-20H,2-3,8-12H2,1H3,(H2,26,27,28). The van der Waals surface area contributed by atoms with Crippen molar-refractivity contribution in [3.8, 4) is 0 Å². The molecule has 1 aromatic carbocycles. The van der Waals surface area contributed by atoms with Gasteiger partial charge < -0.3 is 10.6 Å². The van der Waals surface area contributed by atoms with Crippen molar-refractivity contribution in [2.45, 2.75) is 26.2 Å². The lowest BCUT2D eigenvalue weighted by molar-refractivity contribution is -0.140. The SMILES string of the molecule is CCNC(=NCCCN1C(=O)C2C3C=CC(C3)C2C1=O)NCCc1ccc(F)cc1Cl. The van der Waals surface area contributed by atoms with Crippen LogP contribution in [-0.2, 0) is 16.0 Å². The lowest BCUT2D eigenvalue weighted by atomic mass is 9.85. The molecular weight excluding hydrogens is 419 g/mol. The van der Waals surface area contributed by atoms with Crippen molar-refractivity contribution in [3.05, 3.63) is 46.8 Å². The molecule has 3 aliphatic rings. The molecule has 6 nitrogen and oxygen atoms in total. The van der Waals surface area contributed by atoms with Gasteiger partial charge in [0.2, 0.25) is 11.8 Å². The zero-order chi connectivity index (χ0) is 22.0. The van der Waals surface area contributed by atoms with Crippen molar-refractivity contribution in [1.82, 2.24) is 15.5 Å². The van der Waals surface area contributed by atoms with E-state index in [0.29, 0.717) is 50.0 Å². The van der Waals surface area contributed by atoms with Gasteiger partial charge in [-0.05, 0) is 55.7 Å². The number of carbonyl (C=O) groups excluding carboxylic acids is 2. The van der Waals surface area contributed by atoms with Gasteiger partial charge in [-0.2, -0.15) is 0 Å². The summed E-state index contributed by atoms with van der Waals surface area (Å²) in [7, 11) is 0. The number of hydrogen-bond acceptors (Lipinski definition) is 3. The summed E-state index contributed by atoms with van der Waals surface area (Å²) in [5.41, 5.74) is 0.867. The van der Waals surface area contributed by atoms with Crippen molar-refractivity contribution in [1.29, 1.82) is 0 Å². The molecule has 2 N–H and O–H groups in total. The van der Waals surface area contributed by atoms with Crippen LogP contribution >= 0.6 is 11.6 Å². The van der Waals surface area contributed by atoms with E-state index < -0.39 is 0 Å². The predicted octanol–water partition coefficient (Wildman–Crippen LogP) is 2.77. The molecular formula is C23H28ClFN4O2. The smallest absolute Gasteiger partial charge is 0.233 e. The summed E-state index contributed by atoms with van der Waals surface area (Å²) in [4.78, 5) is 31.4. The van der Waals surface area contributed by atoms with Crippen LogP contribution in [0.4, 0.5) is 4.39 Å². The van der Waals surface area contributed by atoms with Crippen LogP contribution in [0.5, 0.6) is 0 Å². The maximum Gasteiger partial charge on any atom is 0.233 e. The van der Waals surface area contributed by atoms with E-state index in [-0.39, 0.29) is 41.3 Å². The molecule has 8 heteroatoms. The van der Waals surface area contributed by atoms with Crippen LogP contribution in [0.2, 0.25) is 5.02 Å². The number of aliphatic imine (C=N–C) groups is 1. The number of allylic oxidation sites excluding steroid dienone is 2. The zero-order valence-electron chi connectivity index (χ0n) is 17.6. The summed E-state index contributed by atoms with van der Waals surface area (Å²) in [5, 5.41) is 6.83. The monoisotopic (exact) mass is 446 g/mol. The van der Waals surface area contributed by atoms with Gasteiger partial charge in [-0.1, -0.05) is 29.8 Å². The van der Waals surface area contributed by atoms with Gasteiger partial charge >= 0.3 is 0 Å². The third-order valence-corrected chi connectivity index (χ3v) is 6.77. The summed E-state index contributed by atoms with van der Waals surface area (Å²) in [6.07, 6.45) is 6.43. The minimum absolute atomic E-state index is 0.00274. The number of guanidine groups is 1. The van der Waals surface area contributed by atoms with Gasteiger partial charge in [-0.25, -0.2) is 4.39 Å². The second-order valence-corrected chi connectivity index (χ2v) is 8.76. The van der Waals surface area contributed by atoms with Gasteiger partial charge in [0.15, 0.2) is 5.96 Å². The molecule has 166 valence electrons. The van der Waals surface area contributed by atoms with Crippen LogP contribution in [-0.4, -0.2) is 48.9 Å². The van der Waals surface area contributed by atoms with Gasteiger partial charge in [0.25, 0.3) is 0 Å². The number of rotatable bonds is 8. The number of halogens is 2. The maximum atomic E-state index is 13.2. The number of fused-ring (bicyclic) bond motifs is 5. The van der Waals surface area contributed by atoms with E-state index in [1.807, 2.05) is 6.92 Å². The van der Waals surface area contributed by atoms with Gasteiger partial charge in [0, 0.05) is 31.2 Å². The highest BCUT2D eigenvalue weighted by atomic mass is 35.5. The Morgan fingerprint density at radius 1 is 1.19 bits per heavy atom. The second kappa shape index (κ2) is 9.39. The molecule has 0 aromatic heterocycles. The predicted molar refractivity (Wildman–Crippen MR) is 118 cm³/mol. The molecule has 1 aliphatic heterocycles. The molecule has 2 fully saturated rings. The summed E-state index contributed by atoms with van der Waals surface area (Å²) in [6.45, 7) is 4.21. The Bertz CT molecular complexity index is 889. The second-order valence-electron chi connectivity index (χ2n) is 8.35. The van der Waals surface area contributed by atoms with Crippen molar-refractivity contribution in [2.24, 2.45) is 28.7 Å². The largest absolute Gasteiger partial charge is 0.357 e. The van der Waals surface area contributed by atoms with E-state index in [9.17, 15) is 14.0 Å². The number of benzene rings is 1. The Balaban J connectivity index is 1.25. The Hall–Kier alpha value is -2.41. The lowest BCUT2D eigenvalue weighted by Crippen LogP contribution is -2.38. The van der Waals surface area contributed by atoms with E-state index in [2.05, 4.69) is 27.8 Å². The molecule has 1 aromatic rings. The fourth-order valence-electron chi connectivity index (χ4n) is 4.99. The first-order valence-corrected chi connectivity index (χ1v) is 11.4. The van der Waals surface area contributed by atoms with Crippen LogP contribution in [0.3, 0.4) is 0 Å². The number of likely N-dealkylation sites (tertiary alicyclic amines) is 1. The topological polar surface area (TPSA) is 73.8 Å². The average Bonchev–Trinajstić information content (AvgIpc) is 3.42. The summed E-state index contributed by atoms with van der Waals surface area (Å²) >= 11 is 6.07. The van der Waals surface area contributed by atoms with Crippen molar-refractivity contribution >= 4 is 29.4 Å². The number of carbonyl (C=O) groups is 2. The molecule has 1 heterocycles. The summed E-state index contributed by atoms with van der Waals surface area (Å²) in [5.74, 6) is 0.529. The van der Waals surface area contributed by atoms with Gasteiger partial charge in [0.1, 0.15) is 5.82 Å². The van der Waals surface area contributed by atoms with E-state index in [1.165, 1.54) is 17.0 Å². The molecule has 0 radical (unpaired) electrons. The Labute approximate surface area is 186 Å². The molecule has 4 unspecified atom stereocenters. The number of amides is 2. The fraction of sp³-hybridized carbons (Fsp3) is 0.522. The average molecular weight is 447 g/mol. The number of imide groups is 1. The van der Waals surface area contributed by atoms with E-state index in [4.69, 9.17) is 11.6 Å². The Morgan fingerprint density at radius 2 is 1.90 bits per heavy atom.